The third-order valence-electron chi connectivity index (χ3n) is 3.94. The Hall–Kier alpha value is -2.24. The molecule has 1 saturated heterocycles. The standard InChI is InChI=1S/C18H27N3O3/c1-12-5-6-15(19)14(11-12)16(22)20-13-7-9-21(10-8-13)17(23)24-18(2,3)4/h5-6,11,13H,7-10,19H2,1-4H3,(H,20,22). The molecular weight excluding hydrogens is 306 g/mol. The molecule has 2 amide bonds. The van der Waals surface area contributed by atoms with Gasteiger partial charge in [-0.25, -0.2) is 4.79 Å². The Labute approximate surface area is 143 Å². The number of hydrogen-bond donors (Lipinski definition) is 2. The van der Waals surface area contributed by atoms with Crippen molar-refractivity contribution in [2.45, 2.75) is 52.2 Å². The number of piperidine rings is 1. The summed E-state index contributed by atoms with van der Waals surface area (Å²) < 4.78 is 5.37. The Morgan fingerprint density at radius 2 is 1.88 bits per heavy atom. The van der Waals surface area contributed by atoms with Crippen molar-refractivity contribution < 1.29 is 14.3 Å². The third-order valence-corrected chi connectivity index (χ3v) is 3.94. The van der Waals surface area contributed by atoms with Crippen molar-refractivity contribution in [2.75, 3.05) is 18.8 Å². The van der Waals surface area contributed by atoms with Gasteiger partial charge in [0.1, 0.15) is 5.60 Å². The number of carbonyl (C=O) groups is 2. The van der Waals surface area contributed by atoms with Crippen LogP contribution in [0, 0.1) is 6.92 Å². The van der Waals surface area contributed by atoms with Gasteiger partial charge in [-0.1, -0.05) is 11.6 Å². The first-order chi connectivity index (χ1) is 11.2. The van der Waals surface area contributed by atoms with Crippen LogP contribution >= 0.6 is 0 Å². The molecule has 0 aliphatic carbocycles. The molecule has 24 heavy (non-hydrogen) atoms. The number of benzene rings is 1. The van der Waals surface area contributed by atoms with E-state index in [1.165, 1.54) is 0 Å². The maximum Gasteiger partial charge on any atom is 0.410 e. The Balaban J connectivity index is 1.88. The number of amides is 2. The number of carbonyl (C=O) groups excluding carboxylic acids is 2. The number of hydrogen-bond acceptors (Lipinski definition) is 4. The first kappa shape index (κ1) is 18.1. The molecule has 1 aliphatic heterocycles. The highest BCUT2D eigenvalue weighted by atomic mass is 16.6. The minimum Gasteiger partial charge on any atom is -0.444 e. The zero-order chi connectivity index (χ0) is 17.9. The quantitative estimate of drug-likeness (QED) is 0.815. The van der Waals surface area contributed by atoms with Crippen molar-refractivity contribution in [3.05, 3.63) is 29.3 Å². The van der Waals surface area contributed by atoms with Gasteiger partial charge >= 0.3 is 6.09 Å². The minimum absolute atomic E-state index is 0.0381. The molecule has 1 heterocycles. The molecule has 0 radical (unpaired) electrons. The molecule has 1 aliphatic rings. The number of nitrogen functional groups attached to an aromatic ring is 1. The number of ether oxygens (including phenoxy) is 1. The van der Waals surface area contributed by atoms with Crippen molar-refractivity contribution >= 4 is 17.7 Å². The van der Waals surface area contributed by atoms with Crippen LogP contribution in [0.3, 0.4) is 0 Å². The number of anilines is 1. The van der Waals surface area contributed by atoms with Crippen molar-refractivity contribution in [1.82, 2.24) is 10.2 Å². The van der Waals surface area contributed by atoms with Crippen LogP contribution in [0.25, 0.3) is 0 Å². The summed E-state index contributed by atoms with van der Waals surface area (Å²) in [5.41, 5.74) is 7.37. The number of nitrogens with one attached hydrogen (secondary N) is 1. The van der Waals surface area contributed by atoms with E-state index in [-0.39, 0.29) is 18.0 Å². The van der Waals surface area contributed by atoms with Gasteiger partial charge in [0.2, 0.25) is 0 Å². The number of likely N-dealkylation sites (tertiary alicyclic amines) is 1. The van der Waals surface area contributed by atoms with E-state index >= 15 is 0 Å². The molecule has 0 spiro atoms. The van der Waals surface area contributed by atoms with E-state index in [0.717, 1.165) is 5.56 Å². The molecule has 132 valence electrons. The zero-order valence-electron chi connectivity index (χ0n) is 14.9. The fraction of sp³-hybridized carbons (Fsp3) is 0.556. The zero-order valence-corrected chi connectivity index (χ0v) is 14.9. The van der Waals surface area contributed by atoms with Crippen LogP contribution in [0.15, 0.2) is 18.2 Å². The molecule has 2 rings (SSSR count). The van der Waals surface area contributed by atoms with E-state index in [9.17, 15) is 9.59 Å². The second kappa shape index (κ2) is 7.11. The van der Waals surface area contributed by atoms with Crippen LogP contribution in [0.5, 0.6) is 0 Å². The maximum absolute atomic E-state index is 12.4. The first-order valence-electron chi connectivity index (χ1n) is 8.30. The van der Waals surface area contributed by atoms with Crippen LogP contribution < -0.4 is 11.1 Å². The van der Waals surface area contributed by atoms with Gasteiger partial charge in [-0.05, 0) is 52.7 Å². The van der Waals surface area contributed by atoms with Gasteiger partial charge in [0.15, 0.2) is 0 Å². The van der Waals surface area contributed by atoms with Crippen molar-refractivity contribution in [2.24, 2.45) is 0 Å². The number of nitrogens with zero attached hydrogens (tertiary/aromatic N) is 1. The van der Waals surface area contributed by atoms with E-state index in [1.54, 1.807) is 17.0 Å². The largest absolute Gasteiger partial charge is 0.444 e. The molecule has 1 aromatic rings. The maximum atomic E-state index is 12.4. The van der Waals surface area contributed by atoms with Gasteiger partial charge < -0.3 is 20.7 Å². The summed E-state index contributed by atoms with van der Waals surface area (Å²) in [5.74, 6) is -0.160. The Bertz CT molecular complexity index is 614. The van der Waals surface area contributed by atoms with E-state index in [2.05, 4.69) is 5.32 Å². The molecule has 1 fully saturated rings. The molecule has 1 aromatic carbocycles. The lowest BCUT2D eigenvalue weighted by Gasteiger charge is -2.33. The SMILES string of the molecule is Cc1ccc(N)c(C(=O)NC2CCN(C(=O)OC(C)(C)C)CC2)c1. The van der Waals surface area contributed by atoms with Crippen molar-refractivity contribution in [1.29, 1.82) is 0 Å². The average molecular weight is 333 g/mol. The second-order valence-electron chi connectivity index (χ2n) is 7.31. The first-order valence-corrected chi connectivity index (χ1v) is 8.30. The molecule has 0 unspecified atom stereocenters. The Morgan fingerprint density at radius 3 is 2.46 bits per heavy atom. The van der Waals surface area contributed by atoms with Gasteiger partial charge in [0.05, 0.1) is 5.56 Å². The second-order valence-corrected chi connectivity index (χ2v) is 7.31. The number of nitrogens with two attached hydrogens (primary N) is 1. The van der Waals surface area contributed by atoms with Crippen LogP contribution in [-0.4, -0.2) is 41.6 Å². The van der Waals surface area contributed by atoms with Crippen molar-refractivity contribution in [3.8, 4) is 0 Å². The fourth-order valence-electron chi connectivity index (χ4n) is 2.66. The van der Waals surface area contributed by atoms with Crippen LogP contribution in [0.4, 0.5) is 10.5 Å². The minimum atomic E-state index is -0.495. The summed E-state index contributed by atoms with van der Waals surface area (Å²) in [5, 5.41) is 3.01. The predicted molar refractivity (Wildman–Crippen MR) is 93.9 cm³/mol. The van der Waals surface area contributed by atoms with Crippen LogP contribution in [0.1, 0.15) is 49.5 Å². The van der Waals surface area contributed by atoms with Gasteiger partial charge in [-0.2, -0.15) is 0 Å². The molecule has 0 aromatic heterocycles. The highest BCUT2D eigenvalue weighted by Crippen LogP contribution is 2.18. The van der Waals surface area contributed by atoms with Crippen molar-refractivity contribution in [3.63, 3.8) is 0 Å². The summed E-state index contributed by atoms with van der Waals surface area (Å²) >= 11 is 0. The summed E-state index contributed by atoms with van der Waals surface area (Å²) in [6.45, 7) is 8.63. The van der Waals surface area contributed by atoms with Gasteiger partial charge in [0.25, 0.3) is 5.91 Å². The lowest BCUT2D eigenvalue weighted by Crippen LogP contribution is -2.47. The van der Waals surface area contributed by atoms with E-state index in [4.69, 9.17) is 10.5 Å². The average Bonchev–Trinajstić information content (AvgIpc) is 2.48. The van der Waals surface area contributed by atoms with Gasteiger partial charge in [-0.15, -0.1) is 0 Å². The topological polar surface area (TPSA) is 84.7 Å². The monoisotopic (exact) mass is 333 g/mol. The summed E-state index contributed by atoms with van der Waals surface area (Å²) in [4.78, 5) is 26.1. The van der Waals surface area contributed by atoms with Gasteiger partial charge in [-0.3, -0.25) is 4.79 Å². The molecule has 0 saturated carbocycles. The molecule has 6 heteroatoms. The van der Waals surface area contributed by atoms with E-state index in [0.29, 0.717) is 37.2 Å². The van der Waals surface area contributed by atoms with Crippen LogP contribution in [0.2, 0.25) is 0 Å². The normalized spacial score (nSPS) is 15.9. The Kier molecular flexibility index (Phi) is 5.36. The molecular formula is C18H27N3O3. The van der Waals surface area contributed by atoms with Gasteiger partial charge in [0, 0.05) is 24.8 Å². The summed E-state index contributed by atoms with van der Waals surface area (Å²) in [6, 6.07) is 5.46. The third kappa shape index (κ3) is 4.88. The smallest absolute Gasteiger partial charge is 0.410 e. The number of aryl methyl sites for hydroxylation is 1. The molecule has 0 atom stereocenters. The summed E-state index contributed by atoms with van der Waals surface area (Å²) in [7, 11) is 0. The molecule has 6 nitrogen and oxygen atoms in total. The van der Waals surface area contributed by atoms with E-state index < -0.39 is 5.60 Å². The fourth-order valence-corrected chi connectivity index (χ4v) is 2.66. The molecule has 0 bridgehead atoms. The number of rotatable bonds is 2. The molecule has 3 N–H and O–H groups in total. The highest BCUT2D eigenvalue weighted by molar-refractivity contribution is 5.99. The lowest BCUT2D eigenvalue weighted by atomic mass is 10.0. The lowest BCUT2D eigenvalue weighted by molar-refractivity contribution is 0.0199. The highest BCUT2D eigenvalue weighted by Gasteiger charge is 2.27. The predicted octanol–water partition coefficient (Wildman–Crippen LogP) is 2.71. The van der Waals surface area contributed by atoms with Crippen LogP contribution in [-0.2, 0) is 4.74 Å². The summed E-state index contributed by atoms with van der Waals surface area (Å²) in [6.07, 6.45) is 1.11. The van der Waals surface area contributed by atoms with E-state index in [1.807, 2.05) is 33.8 Å². The Morgan fingerprint density at radius 1 is 1.25 bits per heavy atom.